The summed E-state index contributed by atoms with van der Waals surface area (Å²) in [6.07, 6.45) is 0.984. The number of hydrogen-bond donors (Lipinski definition) is 1. The third-order valence-corrected chi connectivity index (χ3v) is 3.15. The average Bonchev–Trinajstić information content (AvgIpc) is 2.74. The molecule has 1 aromatic rings. The first-order chi connectivity index (χ1) is 8.60. The smallest absolute Gasteiger partial charge is 0.311 e. The van der Waals surface area contributed by atoms with Gasteiger partial charge in [-0.25, -0.2) is 0 Å². The molecule has 2 N–H and O–H groups in total. The number of nitro groups is 1. The van der Waals surface area contributed by atoms with Gasteiger partial charge in [-0.05, 0) is 18.1 Å². The normalized spacial score (nSPS) is 18.9. The highest BCUT2D eigenvalue weighted by molar-refractivity contribution is 5.85. The molecule has 1 saturated heterocycles. The second-order valence-electron chi connectivity index (χ2n) is 4.55. The molecule has 0 radical (unpaired) electrons. The van der Waals surface area contributed by atoms with E-state index in [0.29, 0.717) is 12.3 Å². The van der Waals surface area contributed by atoms with Gasteiger partial charge in [0.15, 0.2) is 5.75 Å². The standard InChI is InChI=1S/C12H17N3O3.ClH/c1-18-12-3-2-9(6-11(12)15(16)17)7-14-5-4-10(13)8-14;/h2-3,6,10H,4-5,7-8,13H2,1H3;1H. The van der Waals surface area contributed by atoms with Gasteiger partial charge >= 0.3 is 5.69 Å². The van der Waals surface area contributed by atoms with Crippen LogP contribution in [0.25, 0.3) is 0 Å². The topological polar surface area (TPSA) is 81.6 Å². The van der Waals surface area contributed by atoms with Gasteiger partial charge in [-0.1, -0.05) is 6.07 Å². The van der Waals surface area contributed by atoms with Crippen molar-refractivity contribution in [1.29, 1.82) is 0 Å². The van der Waals surface area contributed by atoms with Crippen LogP contribution in [0.1, 0.15) is 12.0 Å². The van der Waals surface area contributed by atoms with E-state index in [1.807, 2.05) is 6.07 Å². The van der Waals surface area contributed by atoms with E-state index in [0.717, 1.165) is 25.1 Å². The van der Waals surface area contributed by atoms with Gasteiger partial charge in [-0.15, -0.1) is 12.4 Å². The van der Waals surface area contributed by atoms with Crippen LogP contribution in [0.3, 0.4) is 0 Å². The highest BCUT2D eigenvalue weighted by atomic mass is 35.5. The van der Waals surface area contributed by atoms with E-state index in [-0.39, 0.29) is 24.1 Å². The molecule has 1 fully saturated rings. The first-order valence-corrected chi connectivity index (χ1v) is 5.89. The SMILES string of the molecule is COc1ccc(CN2CCC(N)C2)cc1[N+](=O)[O-].Cl. The Labute approximate surface area is 118 Å². The van der Waals surface area contributed by atoms with Crippen LogP contribution in [0.5, 0.6) is 5.75 Å². The minimum Gasteiger partial charge on any atom is -0.490 e. The van der Waals surface area contributed by atoms with Crippen molar-refractivity contribution in [3.8, 4) is 5.75 Å². The summed E-state index contributed by atoms with van der Waals surface area (Å²) < 4.78 is 4.97. The lowest BCUT2D eigenvalue weighted by atomic mass is 10.2. The van der Waals surface area contributed by atoms with E-state index in [2.05, 4.69) is 4.90 Å². The van der Waals surface area contributed by atoms with Gasteiger partial charge < -0.3 is 10.5 Å². The van der Waals surface area contributed by atoms with Crippen molar-refractivity contribution in [2.24, 2.45) is 5.73 Å². The van der Waals surface area contributed by atoms with Crippen LogP contribution in [-0.4, -0.2) is 36.1 Å². The molecule has 0 aliphatic carbocycles. The Hall–Kier alpha value is -1.37. The summed E-state index contributed by atoms with van der Waals surface area (Å²) in [6.45, 7) is 2.49. The molecule has 1 unspecified atom stereocenters. The first-order valence-electron chi connectivity index (χ1n) is 5.89. The van der Waals surface area contributed by atoms with Gasteiger partial charge in [0.25, 0.3) is 0 Å². The molecule has 0 bridgehead atoms. The summed E-state index contributed by atoms with van der Waals surface area (Å²) in [6, 6.07) is 5.29. The monoisotopic (exact) mass is 287 g/mol. The van der Waals surface area contributed by atoms with Gasteiger partial charge in [-0.3, -0.25) is 15.0 Å². The van der Waals surface area contributed by atoms with Crippen LogP contribution >= 0.6 is 12.4 Å². The molecule has 0 spiro atoms. The van der Waals surface area contributed by atoms with Gasteiger partial charge in [0.2, 0.25) is 0 Å². The van der Waals surface area contributed by atoms with Crippen LogP contribution in [0.2, 0.25) is 0 Å². The molecule has 1 aromatic carbocycles. The van der Waals surface area contributed by atoms with Crippen LogP contribution in [0, 0.1) is 10.1 Å². The summed E-state index contributed by atoms with van der Waals surface area (Å²) >= 11 is 0. The maximum absolute atomic E-state index is 10.9. The molecular weight excluding hydrogens is 270 g/mol. The van der Waals surface area contributed by atoms with Crippen molar-refractivity contribution in [3.05, 3.63) is 33.9 Å². The minimum absolute atomic E-state index is 0. The zero-order valence-corrected chi connectivity index (χ0v) is 11.6. The first kappa shape index (κ1) is 15.7. The van der Waals surface area contributed by atoms with Crippen LogP contribution in [0.4, 0.5) is 5.69 Å². The van der Waals surface area contributed by atoms with Crippen molar-refractivity contribution >= 4 is 18.1 Å². The molecule has 0 aromatic heterocycles. The van der Waals surface area contributed by atoms with E-state index in [1.54, 1.807) is 12.1 Å². The molecule has 1 aliphatic heterocycles. The van der Waals surface area contributed by atoms with E-state index < -0.39 is 4.92 Å². The Morgan fingerprint density at radius 1 is 1.58 bits per heavy atom. The number of nitro benzene ring substituents is 1. The average molecular weight is 288 g/mol. The zero-order chi connectivity index (χ0) is 13.1. The van der Waals surface area contributed by atoms with Gasteiger partial charge in [0, 0.05) is 31.7 Å². The van der Waals surface area contributed by atoms with Crippen LogP contribution < -0.4 is 10.5 Å². The van der Waals surface area contributed by atoms with Crippen molar-refractivity contribution in [3.63, 3.8) is 0 Å². The van der Waals surface area contributed by atoms with E-state index in [1.165, 1.54) is 7.11 Å². The molecule has 1 atom stereocenters. The van der Waals surface area contributed by atoms with Gasteiger partial charge in [-0.2, -0.15) is 0 Å². The number of rotatable bonds is 4. The number of nitrogens with two attached hydrogens (primary N) is 1. The van der Waals surface area contributed by atoms with Gasteiger partial charge in [0.05, 0.1) is 12.0 Å². The maximum atomic E-state index is 10.9. The Morgan fingerprint density at radius 2 is 2.32 bits per heavy atom. The molecule has 6 nitrogen and oxygen atoms in total. The molecule has 2 rings (SSSR count). The molecule has 106 valence electrons. The second kappa shape index (κ2) is 6.70. The second-order valence-corrected chi connectivity index (χ2v) is 4.55. The fraction of sp³-hybridized carbons (Fsp3) is 0.500. The predicted molar refractivity (Wildman–Crippen MR) is 74.8 cm³/mol. The fourth-order valence-electron chi connectivity index (χ4n) is 2.24. The molecule has 1 aliphatic rings. The highest BCUT2D eigenvalue weighted by Crippen LogP contribution is 2.28. The number of benzene rings is 1. The van der Waals surface area contributed by atoms with Crippen LogP contribution in [0.15, 0.2) is 18.2 Å². The zero-order valence-electron chi connectivity index (χ0n) is 10.7. The third-order valence-electron chi connectivity index (χ3n) is 3.15. The molecule has 0 amide bonds. The lowest BCUT2D eigenvalue weighted by Gasteiger charge is -2.15. The Kier molecular flexibility index (Phi) is 5.53. The lowest BCUT2D eigenvalue weighted by Crippen LogP contribution is -2.26. The predicted octanol–water partition coefficient (Wildman–Crippen LogP) is 1.56. The maximum Gasteiger partial charge on any atom is 0.311 e. The number of halogens is 1. The summed E-state index contributed by atoms with van der Waals surface area (Å²) in [5.41, 5.74) is 6.76. The molecule has 1 heterocycles. The number of nitrogens with zero attached hydrogens (tertiary/aromatic N) is 2. The molecule has 7 heteroatoms. The van der Waals surface area contributed by atoms with Crippen molar-refractivity contribution in [2.45, 2.75) is 19.0 Å². The number of ether oxygens (including phenoxy) is 1. The number of methoxy groups -OCH3 is 1. The Morgan fingerprint density at radius 3 is 2.84 bits per heavy atom. The number of likely N-dealkylation sites (tertiary alicyclic amines) is 1. The molecule has 0 saturated carbocycles. The summed E-state index contributed by atoms with van der Waals surface area (Å²) in [7, 11) is 1.43. The summed E-state index contributed by atoms with van der Waals surface area (Å²) in [5.74, 6) is 0.293. The quantitative estimate of drug-likeness (QED) is 0.671. The Balaban J connectivity index is 0.00000180. The van der Waals surface area contributed by atoms with Gasteiger partial charge in [0.1, 0.15) is 0 Å². The Bertz CT molecular complexity index is 456. The lowest BCUT2D eigenvalue weighted by molar-refractivity contribution is -0.385. The molecular formula is C12H18ClN3O3. The van der Waals surface area contributed by atoms with Crippen LogP contribution in [-0.2, 0) is 6.54 Å². The third kappa shape index (κ3) is 3.79. The number of hydrogen-bond acceptors (Lipinski definition) is 5. The minimum atomic E-state index is -0.419. The van der Waals surface area contributed by atoms with Crippen molar-refractivity contribution < 1.29 is 9.66 Å². The van der Waals surface area contributed by atoms with E-state index >= 15 is 0 Å². The van der Waals surface area contributed by atoms with Crippen molar-refractivity contribution in [2.75, 3.05) is 20.2 Å². The highest BCUT2D eigenvalue weighted by Gasteiger charge is 2.21. The van der Waals surface area contributed by atoms with E-state index in [4.69, 9.17) is 10.5 Å². The summed E-state index contributed by atoms with van der Waals surface area (Å²) in [4.78, 5) is 12.7. The molecule has 19 heavy (non-hydrogen) atoms. The summed E-state index contributed by atoms with van der Waals surface area (Å²) in [5, 5.41) is 10.9. The fourth-order valence-corrected chi connectivity index (χ4v) is 2.24. The van der Waals surface area contributed by atoms with E-state index in [9.17, 15) is 10.1 Å². The van der Waals surface area contributed by atoms with Crippen molar-refractivity contribution in [1.82, 2.24) is 4.90 Å². The largest absolute Gasteiger partial charge is 0.490 e.